The van der Waals surface area contributed by atoms with Crippen LogP contribution >= 0.6 is 0 Å². The second kappa shape index (κ2) is 6.56. The lowest BCUT2D eigenvalue weighted by molar-refractivity contribution is 0.510. The molecular formula is C19H24. The summed E-state index contributed by atoms with van der Waals surface area (Å²) in [6, 6.07) is 19.9. The molecule has 19 heavy (non-hydrogen) atoms. The van der Waals surface area contributed by atoms with Crippen molar-refractivity contribution in [2.75, 3.05) is 0 Å². The molecule has 0 aliphatic rings. The Kier molecular flexibility index (Phi) is 4.79. The predicted octanol–water partition coefficient (Wildman–Crippen LogP) is 5.68. The standard InChI is InChI=1S/C19H24/c1-4-18(16-11-7-6-8-12-16)19(5-2)17-13-9-10-15(3)14-17/h6-14,18-19H,4-5H2,1-3H3. The molecule has 0 saturated heterocycles. The van der Waals surface area contributed by atoms with Crippen LogP contribution in [0, 0.1) is 6.92 Å². The number of hydrogen-bond acceptors (Lipinski definition) is 0. The first-order valence-corrected chi connectivity index (χ1v) is 7.37. The van der Waals surface area contributed by atoms with Crippen molar-refractivity contribution >= 4 is 0 Å². The summed E-state index contributed by atoms with van der Waals surface area (Å²) in [6.45, 7) is 6.79. The van der Waals surface area contributed by atoms with Crippen LogP contribution in [0.2, 0.25) is 0 Å². The van der Waals surface area contributed by atoms with Gasteiger partial charge in [-0.25, -0.2) is 0 Å². The van der Waals surface area contributed by atoms with Crippen LogP contribution in [0.5, 0.6) is 0 Å². The zero-order valence-electron chi connectivity index (χ0n) is 12.3. The summed E-state index contributed by atoms with van der Waals surface area (Å²) in [7, 11) is 0. The van der Waals surface area contributed by atoms with Gasteiger partial charge in [-0.1, -0.05) is 74.0 Å². The minimum atomic E-state index is 0.618. The van der Waals surface area contributed by atoms with Gasteiger partial charge in [-0.05, 0) is 42.7 Å². The molecule has 0 aromatic heterocycles. The first-order chi connectivity index (χ1) is 9.26. The van der Waals surface area contributed by atoms with Crippen LogP contribution in [0.15, 0.2) is 54.6 Å². The van der Waals surface area contributed by atoms with Crippen molar-refractivity contribution < 1.29 is 0 Å². The summed E-state index contributed by atoms with van der Waals surface area (Å²) in [5.41, 5.74) is 4.32. The molecule has 0 saturated carbocycles. The molecule has 0 bridgehead atoms. The number of aryl methyl sites for hydroxylation is 1. The second-order valence-electron chi connectivity index (χ2n) is 5.35. The van der Waals surface area contributed by atoms with Crippen LogP contribution in [0.3, 0.4) is 0 Å². The lowest BCUT2D eigenvalue weighted by Gasteiger charge is -2.26. The quantitative estimate of drug-likeness (QED) is 0.642. The van der Waals surface area contributed by atoms with E-state index in [0.29, 0.717) is 11.8 Å². The summed E-state index contributed by atoms with van der Waals surface area (Å²) in [5, 5.41) is 0. The van der Waals surface area contributed by atoms with E-state index in [1.165, 1.54) is 29.5 Å². The third-order valence-corrected chi connectivity index (χ3v) is 4.06. The fourth-order valence-electron chi connectivity index (χ4n) is 3.11. The SMILES string of the molecule is CCC(c1ccccc1)C(CC)c1cccc(C)c1. The maximum atomic E-state index is 2.35. The third kappa shape index (κ3) is 3.26. The summed E-state index contributed by atoms with van der Waals surface area (Å²) >= 11 is 0. The molecular weight excluding hydrogens is 228 g/mol. The van der Waals surface area contributed by atoms with Crippen LogP contribution in [-0.2, 0) is 0 Å². The molecule has 0 amide bonds. The normalized spacial score (nSPS) is 14.1. The Balaban J connectivity index is 2.34. The van der Waals surface area contributed by atoms with Crippen molar-refractivity contribution in [1.29, 1.82) is 0 Å². The first-order valence-electron chi connectivity index (χ1n) is 7.37. The number of rotatable bonds is 5. The average molecular weight is 252 g/mol. The molecule has 2 atom stereocenters. The molecule has 0 heterocycles. The maximum absolute atomic E-state index is 2.35. The summed E-state index contributed by atoms with van der Waals surface area (Å²) in [6.07, 6.45) is 2.38. The molecule has 0 spiro atoms. The van der Waals surface area contributed by atoms with Gasteiger partial charge in [0.05, 0.1) is 0 Å². The summed E-state index contributed by atoms with van der Waals surface area (Å²) in [4.78, 5) is 0. The molecule has 2 aromatic carbocycles. The molecule has 0 heteroatoms. The molecule has 0 aliphatic heterocycles. The topological polar surface area (TPSA) is 0 Å². The molecule has 2 aromatic rings. The Morgan fingerprint density at radius 2 is 1.32 bits per heavy atom. The fraction of sp³-hybridized carbons (Fsp3) is 0.368. The van der Waals surface area contributed by atoms with Crippen molar-refractivity contribution in [1.82, 2.24) is 0 Å². The molecule has 0 nitrogen and oxygen atoms in total. The van der Waals surface area contributed by atoms with Crippen molar-refractivity contribution in [2.24, 2.45) is 0 Å². The van der Waals surface area contributed by atoms with Crippen LogP contribution in [0.1, 0.15) is 55.2 Å². The molecule has 0 fully saturated rings. The van der Waals surface area contributed by atoms with Gasteiger partial charge >= 0.3 is 0 Å². The Morgan fingerprint density at radius 3 is 1.89 bits per heavy atom. The van der Waals surface area contributed by atoms with Crippen molar-refractivity contribution in [3.63, 3.8) is 0 Å². The number of hydrogen-bond donors (Lipinski definition) is 0. The lowest BCUT2D eigenvalue weighted by atomic mass is 9.78. The van der Waals surface area contributed by atoms with E-state index in [4.69, 9.17) is 0 Å². The minimum Gasteiger partial charge on any atom is -0.0648 e. The van der Waals surface area contributed by atoms with Crippen LogP contribution in [0.25, 0.3) is 0 Å². The Labute approximate surface area is 117 Å². The lowest BCUT2D eigenvalue weighted by Crippen LogP contribution is -2.10. The van der Waals surface area contributed by atoms with Crippen molar-refractivity contribution in [2.45, 2.75) is 45.4 Å². The zero-order valence-corrected chi connectivity index (χ0v) is 12.3. The highest BCUT2D eigenvalue weighted by Gasteiger charge is 2.21. The van der Waals surface area contributed by atoms with Crippen molar-refractivity contribution in [3.8, 4) is 0 Å². The van der Waals surface area contributed by atoms with Gasteiger partial charge in [0.2, 0.25) is 0 Å². The van der Waals surface area contributed by atoms with Gasteiger partial charge in [0.15, 0.2) is 0 Å². The van der Waals surface area contributed by atoms with Gasteiger partial charge in [0.25, 0.3) is 0 Å². The number of benzene rings is 2. The largest absolute Gasteiger partial charge is 0.0648 e. The molecule has 0 radical (unpaired) electrons. The van der Waals surface area contributed by atoms with E-state index in [1.54, 1.807) is 0 Å². The molecule has 0 aliphatic carbocycles. The Bertz CT molecular complexity index is 498. The molecule has 100 valence electrons. The average Bonchev–Trinajstić information content (AvgIpc) is 2.45. The summed E-state index contributed by atoms with van der Waals surface area (Å²) in [5.74, 6) is 1.24. The van der Waals surface area contributed by atoms with Gasteiger partial charge in [-0.3, -0.25) is 0 Å². The highest BCUT2D eigenvalue weighted by molar-refractivity contribution is 5.31. The highest BCUT2D eigenvalue weighted by Crippen LogP contribution is 2.37. The molecule has 2 rings (SSSR count). The van der Waals surface area contributed by atoms with Crippen molar-refractivity contribution in [3.05, 3.63) is 71.3 Å². The maximum Gasteiger partial charge on any atom is -0.00957 e. The van der Waals surface area contributed by atoms with E-state index >= 15 is 0 Å². The van der Waals surface area contributed by atoms with E-state index < -0.39 is 0 Å². The molecule has 2 unspecified atom stereocenters. The van der Waals surface area contributed by atoms with Crippen LogP contribution < -0.4 is 0 Å². The van der Waals surface area contributed by atoms with Gasteiger partial charge in [-0.15, -0.1) is 0 Å². The first kappa shape index (κ1) is 13.9. The van der Waals surface area contributed by atoms with Gasteiger partial charge in [0.1, 0.15) is 0 Å². The fourth-order valence-corrected chi connectivity index (χ4v) is 3.11. The molecule has 0 N–H and O–H groups in total. The van der Waals surface area contributed by atoms with E-state index in [1.807, 2.05) is 0 Å². The Morgan fingerprint density at radius 1 is 0.737 bits per heavy atom. The zero-order chi connectivity index (χ0) is 13.7. The minimum absolute atomic E-state index is 0.618. The predicted molar refractivity (Wildman–Crippen MR) is 83.7 cm³/mol. The highest BCUT2D eigenvalue weighted by atomic mass is 14.3. The monoisotopic (exact) mass is 252 g/mol. The van der Waals surface area contributed by atoms with E-state index in [-0.39, 0.29) is 0 Å². The van der Waals surface area contributed by atoms with Crippen LogP contribution in [0.4, 0.5) is 0 Å². The smallest absolute Gasteiger partial charge is 0.00957 e. The van der Waals surface area contributed by atoms with E-state index in [9.17, 15) is 0 Å². The van der Waals surface area contributed by atoms with Crippen LogP contribution in [-0.4, -0.2) is 0 Å². The van der Waals surface area contributed by atoms with E-state index in [0.717, 1.165) is 0 Å². The summed E-state index contributed by atoms with van der Waals surface area (Å²) < 4.78 is 0. The van der Waals surface area contributed by atoms with E-state index in [2.05, 4.69) is 75.4 Å². The third-order valence-electron chi connectivity index (χ3n) is 4.06. The van der Waals surface area contributed by atoms with Gasteiger partial charge in [-0.2, -0.15) is 0 Å². The van der Waals surface area contributed by atoms with Gasteiger partial charge < -0.3 is 0 Å². The Hall–Kier alpha value is -1.56. The van der Waals surface area contributed by atoms with Gasteiger partial charge in [0, 0.05) is 0 Å². The second-order valence-corrected chi connectivity index (χ2v) is 5.35.